The third-order valence-corrected chi connectivity index (χ3v) is 7.64. The van der Waals surface area contributed by atoms with Gasteiger partial charge in [0.25, 0.3) is 10.0 Å². The van der Waals surface area contributed by atoms with E-state index in [0.29, 0.717) is 29.5 Å². The molecule has 5 nitrogen and oxygen atoms in total. The molecule has 4 rings (SSSR count). The fourth-order valence-electron chi connectivity index (χ4n) is 3.04. The van der Waals surface area contributed by atoms with Crippen LogP contribution in [0.4, 0.5) is 0 Å². The summed E-state index contributed by atoms with van der Waals surface area (Å²) < 4.78 is 33.5. The molecule has 0 bridgehead atoms. The highest BCUT2D eigenvalue weighted by atomic mass is 32.2. The third kappa shape index (κ3) is 3.15. The number of hydrogen-bond donors (Lipinski definition) is 0. The van der Waals surface area contributed by atoms with Crippen LogP contribution < -0.4 is 4.74 Å². The fraction of sp³-hybridized carbons (Fsp3) is 0.278. The van der Waals surface area contributed by atoms with Crippen molar-refractivity contribution < 1.29 is 13.2 Å². The molecule has 0 unspecified atom stereocenters. The van der Waals surface area contributed by atoms with Crippen molar-refractivity contribution in [1.82, 2.24) is 9.29 Å². The predicted molar refractivity (Wildman–Crippen MR) is 98.6 cm³/mol. The van der Waals surface area contributed by atoms with E-state index in [9.17, 15) is 8.42 Å². The third-order valence-electron chi connectivity index (χ3n) is 4.31. The Hall–Kier alpha value is -1.96. The molecule has 0 N–H and O–H groups in total. The molecule has 1 aromatic carbocycles. The predicted octanol–water partition coefficient (Wildman–Crippen LogP) is 3.45. The summed E-state index contributed by atoms with van der Waals surface area (Å²) in [6.45, 7) is 2.75. The lowest BCUT2D eigenvalue weighted by Crippen LogP contribution is -2.30. The number of nitrogens with zero attached hydrogens (tertiary/aromatic N) is 2. The van der Waals surface area contributed by atoms with E-state index in [1.54, 1.807) is 12.3 Å². The maximum atomic E-state index is 12.7. The van der Waals surface area contributed by atoms with Crippen molar-refractivity contribution in [3.8, 4) is 5.75 Å². The van der Waals surface area contributed by atoms with E-state index >= 15 is 0 Å². The van der Waals surface area contributed by atoms with Gasteiger partial charge in [-0.3, -0.25) is 4.98 Å². The van der Waals surface area contributed by atoms with Crippen LogP contribution >= 0.6 is 11.3 Å². The number of thiophene rings is 1. The second-order valence-corrected chi connectivity index (χ2v) is 9.54. The highest BCUT2D eigenvalue weighted by Gasteiger charge is 2.34. The highest BCUT2D eigenvalue weighted by Crippen LogP contribution is 2.30. The van der Waals surface area contributed by atoms with Crippen LogP contribution in [0.3, 0.4) is 0 Å². The number of sulfonamides is 1. The second kappa shape index (κ2) is 6.40. The van der Waals surface area contributed by atoms with E-state index < -0.39 is 10.0 Å². The summed E-state index contributed by atoms with van der Waals surface area (Å²) in [5, 5.41) is 1.01. The number of aryl methyl sites for hydroxylation is 1. The van der Waals surface area contributed by atoms with Crippen LogP contribution in [0.2, 0.25) is 0 Å². The van der Waals surface area contributed by atoms with Crippen molar-refractivity contribution >= 4 is 32.3 Å². The average molecular weight is 374 g/mol. The molecule has 1 aliphatic heterocycles. The number of pyridine rings is 1. The van der Waals surface area contributed by atoms with Crippen molar-refractivity contribution in [3.05, 3.63) is 53.5 Å². The van der Waals surface area contributed by atoms with Crippen LogP contribution in [0.25, 0.3) is 10.9 Å². The van der Waals surface area contributed by atoms with Gasteiger partial charge in [0.05, 0.1) is 6.54 Å². The van der Waals surface area contributed by atoms with E-state index in [1.807, 2.05) is 43.3 Å². The molecule has 0 aliphatic carbocycles. The van der Waals surface area contributed by atoms with Crippen LogP contribution in [0.5, 0.6) is 5.75 Å². The van der Waals surface area contributed by atoms with Crippen molar-refractivity contribution in [2.75, 3.05) is 13.1 Å². The molecular formula is C18H18N2O3S2. The van der Waals surface area contributed by atoms with Gasteiger partial charge in [-0.25, -0.2) is 8.42 Å². The van der Waals surface area contributed by atoms with Crippen molar-refractivity contribution in [1.29, 1.82) is 0 Å². The zero-order valence-electron chi connectivity index (χ0n) is 13.8. The number of aromatic nitrogens is 1. The van der Waals surface area contributed by atoms with Crippen molar-refractivity contribution in [2.45, 2.75) is 23.7 Å². The maximum Gasteiger partial charge on any atom is 0.252 e. The Labute approximate surface area is 150 Å². The Bertz CT molecular complexity index is 1010. The fourth-order valence-corrected chi connectivity index (χ4v) is 5.97. The van der Waals surface area contributed by atoms with Crippen LogP contribution in [0.15, 0.2) is 52.9 Å². The molecule has 0 amide bonds. The first-order valence-electron chi connectivity index (χ1n) is 8.11. The lowest BCUT2D eigenvalue weighted by atomic mass is 10.2. The van der Waals surface area contributed by atoms with Crippen LogP contribution in [0.1, 0.15) is 11.3 Å². The van der Waals surface area contributed by atoms with Crippen molar-refractivity contribution in [3.63, 3.8) is 0 Å². The quantitative estimate of drug-likeness (QED) is 0.702. The standard InChI is InChI=1S/C18H18N2O3S2/c1-13-7-8-17(24-13)25(21,22)20-11-9-15(12-20)23-16-6-2-4-14-5-3-10-19-18(14)16/h2-8,10,15H,9,11-12H2,1H3/t15-/m0/s1. The summed E-state index contributed by atoms with van der Waals surface area (Å²) in [5.41, 5.74) is 0.806. The molecule has 1 saturated heterocycles. The van der Waals surface area contributed by atoms with Crippen LogP contribution in [-0.4, -0.2) is 36.9 Å². The van der Waals surface area contributed by atoms with Crippen LogP contribution in [-0.2, 0) is 10.0 Å². The summed E-state index contributed by atoms with van der Waals surface area (Å²) in [5.74, 6) is 0.703. The molecule has 0 saturated carbocycles. The molecule has 25 heavy (non-hydrogen) atoms. The summed E-state index contributed by atoms with van der Waals surface area (Å²) in [4.78, 5) is 5.38. The van der Waals surface area contributed by atoms with Gasteiger partial charge in [0.2, 0.25) is 0 Å². The molecule has 1 aliphatic rings. The SMILES string of the molecule is Cc1ccc(S(=O)(=O)N2CC[C@H](Oc3cccc4cccnc34)C2)s1. The van der Waals surface area contributed by atoms with E-state index in [2.05, 4.69) is 4.98 Å². The Morgan fingerprint density at radius 3 is 2.84 bits per heavy atom. The second-order valence-electron chi connectivity index (χ2n) is 6.09. The normalized spacial score (nSPS) is 18.7. The largest absolute Gasteiger partial charge is 0.487 e. The molecule has 7 heteroatoms. The smallest absolute Gasteiger partial charge is 0.252 e. The Morgan fingerprint density at radius 2 is 2.04 bits per heavy atom. The number of ether oxygens (including phenoxy) is 1. The van der Waals surface area contributed by atoms with Crippen molar-refractivity contribution in [2.24, 2.45) is 0 Å². The number of rotatable bonds is 4. The topological polar surface area (TPSA) is 59.5 Å². The molecular weight excluding hydrogens is 356 g/mol. The molecule has 1 atom stereocenters. The zero-order chi connectivity index (χ0) is 17.4. The Morgan fingerprint density at radius 1 is 1.20 bits per heavy atom. The highest BCUT2D eigenvalue weighted by molar-refractivity contribution is 7.91. The number of hydrogen-bond acceptors (Lipinski definition) is 5. The maximum absolute atomic E-state index is 12.7. The molecule has 2 aromatic heterocycles. The first-order valence-corrected chi connectivity index (χ1v) is 10.4. The van der Waals surface area contributed by atoms with Gasteiger partial charge in [0, 0.05) is 23.0 Å². The number of para-hydroxylation sites is 1. The first kappa shape index (κ1) is 16.5. The molecule has 1 fully saturated rings. The van der Waals surface area contributed by atoms with Crippen LogP contribution in [0, 0.1) is 6.92 Å². The van der Waals surface area contributed by atoms with Gasteiger partial charge in [0.1, 0.15) is 21.6 Å². The number of benzene rings is 1. The lowest BCUT2D eigenvalue weighted by molar-refractivity contribution is 0.218. The van der Waals surface area contributed by atoms with Gasteiger partial charge in [-0.1, -0.05) is 18.2 Å². The average Bonchev–Trinajstić information content (AvgIpc) is 3.25. The zero-order valence-corrected chi connectivity index (χ0v) is 15.4. The Balaban J connectivity index is 1.53. The van der Waals surface area contributed by atoms with Gasteiger partial charge in [0.15, 0.2) is 0 Å². The minimum atomic E-state index is -3.43. The minimum absolute atomic E-state index is 0.163. The van der Waals surface area contributed by atoms with E-state index in [0.717, 1.165) is 15.8 Å². The minimum Gasteiger partial charge on any atom is -0.487 e. The first-order chi connectivity index (χ1) is 12.0. The summed E-state index contributed by atoms with van der Waals surface area (Å²) >= 11 is 1.31. The van der Waals surface area contributed by atoms with Gasteiger partial charge in [-0.05, 0) is 37.6 Å². The molecule has 0 radical (unpaired) electrons. The van der Waals surface area contributed by atoms with Gasteiger partial charge >= 0.3 is 0 Å². The van der Waals surface area contributed by atoms with Gasteiger partial charge in [-0.2, -0.15) is 4.31 Å². The summed E-state index contributed by atoms with van der Waals surface area (Å²) in [6, 6.07) is 13.2. The summed E-state index contributed by atoms with van der Waals surface area (Å²) in [7, 11) is -3.43. The Kier molecular flexibility index (Phi) is 4.23. The number of fused-ring (bicyclic) bond motifs is 1. The van der Waals surface area contributed by atoms with E-state index in [1.165, 1.54) is 15.6 Å². The molecule has 0 spiro atoms. The monoisotopic (exact) mass is 374 g/mol. The molecule has 3 aromatic rings. The molecule has 3 heterocycles. The molecule has 130 valence electrons. The van der Waals surface area contributed by atoms with E-state index in [-0.39, 0.29) is 6.10 Å². The van der Waals surface area contributed by atoms with Gasteiger partial charge in [-0.15, -0.1) is 11.3 Å². The van der Waals surface area contributed by atoms with E-state index in [4.69, 9.17) is 4.74 Å². The summed E-state index contributed by atoms with van der Waals surface area (Å²) in [6.07, 6.45) is 2.25. The lowest BCUT2D eigenvalue weighted by Gasteiger charge is -2.17. The van der Waals surface area contributed by atoms with Gasteiger partial charge < -0.3 is 4.74 Å².